The van der Waals surface area contributed by atoms with Crippen LogP contribution in [0, 0.1) is 0 Å². The first kappa shape index (κ1) is 21.0. The Kier molecular flexibility index (Phi) is 4.17. The highest BCUT2D eigenvalue weighted by atomic mass is 16.3. The van der Waals surface area contributed by atoms with E-state index in [-0.39, 0.29) is 0 Å². The van der Waals surface area contributed by atoms with Crippen molar-refractivity contribution >= 4 is 55.1 Å². The van der Waals surface area contributed by atoms with Crippen molar-refractivity contribution in [1.29, 1.82) is 0 Å². The van der Waals surface area contributed by atoms with Crippen molar-refractivity contribution in [3.05, 3.63) is 139 Å². The first-order valence-corrected chi connectivity index (χ1v) is 13.6. The van der Waals surface area contributed by atoms with E-state index in [9.17, 15) is 0 Å². The molecule has 3 nitrogen and oxygen atoms in total. The van der Waals surface area contributed by atoms with Gasteiger partial charge in [-0.05, 0) is 72.7 Å². The number of allylic oxidation sites excluding steroid dienone is 4. The molecule has 9 rings (SSSR count). The molecule has 3 heteroatoms. The van der Waals surface area contributed by atoms with E-state index in [1.54, 1.807) is 0 Å². The smallest absolute Gasteiger partial charge is 0.136 e. The molecule has 5 aromatic carbocycles. The molecule has 0 fully saturated rings. The third-order valence-corrected chi connectivity index (χ3v) is 8.45. The lowest BCUT2D eigenvalue weighted by Crippen LogP contribution is -2.14. The first-order chi connectivity index (χ1) is 19.3. The van der Waals surface area contributed by atoms with Crippen LogP contribution in [-0.2, 0) is 0 Å². The van der Waals surface area contributed by atoms with Crippen molar-refractivity contribution in [3.63, 3.8) is 0 Å². The minimum Gasteiger partial charge on any atom is -0.456 e. The fourth-order valence-corrected chi connectivity index (χ4v) is 6.75. The van der Waals surface area contributed by atoms with Crippen molar-refractivity contribution in [1.82, 2.24) is 4.57 Å². The topological polar surface area (TPSA) is 21.3 Å². The zero-order valence-electron chi connectivity index (χ0n) is 21.2. The number of benzene rings is 5. The fourth-order valence-electron chi connectivity index (χ4n) is 6.75. The molecule has 0 spiro atoms. The number of para-hydroxylation sites is 3. The fraction of sp³-hybridized carbons (Fsp3) is 0.0556. The predicted molar refractivity (Wildman–Crippen MR) is 161 cm³/mol. The monoisotopic (exact) mass is 500 g/mol. The van der Waals surface area contributed by atoms with Crippen LogP contribution in [0.5, 0.6) is 0 Å². The van der Waals surface area contributed by atoms with Crippen LogP contribution in [0.3, 0.4) is 0 Å². The molecular weight excluding hydrogens is 476 g/mol. The van der Waals surface area contributed by atoms with Gasteiger partial charge >= 0.3 is 0 Å². The second-order valence-electron chi connectivity index (χ2n) is 10.5. The van der Waals surface area contributed by atoms with Crippen LogP contribution in [0.4, 0.5) is 11.4 Å². The Bertz CT molecular complexity index is 2150. The Morgan fingerprint density at radius 3 is 2.18 bits per heavy atom. The predicted octanol–water partition coefficient (Wildman–Crippen LogP) is 9.76. The van der Waals surface area contributed by atoms with Crippen molar-refractivity contribution in [2.45, 2.75) is 12.3 Å². The van der Waals surface area contributed by atoms with Gasteiger partial charge < -0.3 is 13.9 Å². The van der Waals surface area contributed by atoms with Crippen molar-refractivity contribution < 1.29 is 4.42 Å². The lowest BCUT2D eigenvalue weighted by Gasteiger charge is -2.24. The standard InChI is InChI=1S/C36H24N2O/c1-3-11-23(12-4-1)37-31-17-9-7-15-25(31)27-19-28-29-21-36-30(26-16-8-10-18-35(26)39-36)20-32(29)38(34(28)22-33(27)37)24-13-5-2-6-14-24/h1-14,16-22,25H,15H2. The Hall–Kier alpha value is -5.02. The van der Waals surface area contributed by atoms with Gasteiger partial charge in [0.25, 0.3) is 0 Å². The van der Waals surface area contributed by atoms with Crippen LogP contribution in [0.25, 0.3) is 49.4 Å². The van der Waals surface area contributed by atoms with Gasteiger partial charge in [-0.25, -0.2) is 0 Å². The molecule has 2 aromatic heterocycles. The van der Waals surface area contributed by atoms with Crippen LogP contribution < -0.4 is 4.90 Å². The molecule has 1 aliphatic heterocycles. The van der Waals surface area contributed by atoms with Gasteiger partial charge in [-0.3, -0.25) is 0 Å². The Balaban J connectivity index is 1.42. The summed E-state index contributed by atoms with van der Waals surface area (Å²) in [5.41, 5.74) is 10.6. The maximum Gasteiger partial charge on any atom is 0.136 e. The summed E-state index contributed by atoms with van der Waals surface area (Å²) < 4.78 is 8.76. The zero-order chi connectivity index (χ0) is 25.5. The number of hydrogen-bond donors (Lipinski definition) is 0. The molecule has 0 saturated carbocycles. The molecule has 2 aliphatic rings. The minimum atomic E-state index is 0.347. The first-order valence-electron chi connectivity index (χ1n) is 13.6. The highest BCUT2D eigenvalue weighted by Crippen LogP contribution is 2.53. The van der Waals surface area contributed by atoms with E-state index in [0.29, 0.717) is 5.92 Å². The van der Waals surface area contributed by atoms with Gasteiger partial charge in [-0.1, -0.05) is 66.7 Å². The third kappa shape index (κ3) is 2.87. The number of aromatic nitrogens is 1. The quantitative estimate of drug-likeness (QED) is 0.236. The second kappa shape index (κ2) is 7.75. The van der Waals surface area contributed by atoms with E-state index < -0.39 is 0 Å². The Morgan fingerprint density at radius 2 is 1.33 bits per heavy atom. The average Bonchev–Trinajstić information content (AvgIpc) is 3.62. The minimum absolute atomic E-state index is 0.347. The normalized spacial score (nSPS) is 16.4. The summed E-state index contributed by atoms with van der Waals surface area (Å²) in [6, 6.07) is 39.2. The van der Waals surface area contributed by atoms with E-state index in [1.165, 1.54) is 44.4 Å². The molecule has 1 aliphatic carbocycles. The number of furan rings is 1. The third-order valence-electron chi connectivity index (χ3n) is 8.45. The van der Waals surface area contributed by atoms with Gasteiger partial charge in [-0.2, -0.15) is 0 Å². The Labute approximate surface area is 225 Å². The van der Waals surface area contributed by atoms with E-state index in [1.807, 2.05) is 6.07 Å². The van der Waals surface area contributed by atoms with Crippen LogP contribution in [0.15, 0.2) is 138 Å². The lowest BCUT2D eigenvalue weighted by molar-refractivity contribution is 0.669. The van der Waals surface area contributed by atoms with Crippen molar-refractivity contribution in [2.75, 3.05) is 4.90 Å². The molecule has 0 radical (unpaired) electrons. The van der Waals surface area contributed by atoms with Gasteiger partial charge in [-0.15, -0.1) is 0 Å². The molecule has 0 saturated heterocycles. The van der Waals surface area contributed by atoms with Gasteiger partial charge in [0.2, 0.25) is 0 Å². The van der Waals surface area contributed by atoms with Crippen LogP contribution in [-0.4, -0.2) is 4.57 Å². The number of rotatable bonds is 2. The molecule has 7 aromatic rings. The van der Waals surface area contributed by atoms with E-state index in [0.717, 1.165) is 34.0 Å². The summed E-state index contributed by atoms with van der Waals surface area (Å²) in [4.78, 5) is 2.45. The number of fused-ring (bicyclic) bond motifs is 9. The van der Waals surface area contributed by atoms with E-state index in [2.05, 4.69) is 131 Å². The van der Waals surface area contributed by atoms with Crippen molar-refractivity contribution in [2.24, 2.45) is 0 Å². The number of anilines is 2. The summed E-state index contributed by atoms with van der Waals surface area (Å²) in [5.74, 6) is 0.347. The summed E-state index contributed by atoms with van der Waals surface area (Å²) in [5, 5.41) is 4.79. The molecule has 0 N–H and O–H groups in total. The Morgan fingerprint density at radius 1 is 0.615 bits per heavy atom. The SMILES string of the molecule is C1=CCC2C(=C1)N(c1ccccc1)c1cc3c(cc12)c1cc2oc4ccccc4c2cc1n3-c1ccccc1. The van der Waals surface area contributed by atoms with Gasteiger partial charge in [0, 0.05) is 44.5 Å². The summed E-state index contributed by atoms with van der Waals surface area (Å²) >= 11 is 0. The molecule has 1 unspecified atom stereocenters. The van der Waals surface area contributed by atoms with E-state index >= 15 is 0 Å². The zero-order valence-corrected chi connectivity index (χ0v) is 21.2. The highest BCUT2D eigenvalue weighted by molar-refractivity contribution is 6.18. The van der Waals surface area contributed by atoms with Crippen LogP contribution in [0.1, 0.15) is 17.9 Å². The van der Waals surface area contributed by atoms with Crippen LogP contribution >= 0.6 is 0 Å². The van der Waals surface area contributed by atoms with Gasteiger partial charge in [0.05, 0.1) is 16.7 Å². The second-order valence-corrected chi connectivity index (χ2v) is 10.5. The number of hydrogen-bond acceptors (Lipinski definition) is 2. The molecule has 184 valence electrons. The summed E-state index contributed by atoms with van der Waals surface area (Å²) in [7, 11) is 0. The van der Waals surface area contributed by atoms with Gasteiger partial charge in [0.15, 0.2) is 0 Å². The summed E-state index contributed by atoms with van der Waals surface area (Å²) in [6.45, 7) is 0. The molecule has 39 heavy (non-hydrogen) atoms. The average molecular weight is 501 g/mol. The molecule has 0 amide bonds. The van der Waals surface area contributed by atoms with Gasteiger partial charge in [0.1, 0.15) is 11.2 Å². The highest BCUT2D eigenvalue weighted by Gasteiger charge is 2.36. The molecule has 3 heterocycles. The van der Waals surface area contributed by atoms with Crippen LogP contribution in [0.2, 0.25) is 0 Å². The molecular formula is C36H24N2O. The molecule has 1 atom stereocenters. The van der Waals surface area contributed by atoms with E-state index in [4.69, 9.17) is 4.42 Å². The molecule has 0 bridgehead atoms. The maximum atomic E-state index is 6.34. The largest absolute Gasteiger partial charge is 0.456 e. The summed E-state index contributed by atoms with van der Waals surface area (Å²) in [6.07, 6.45) is 7.79. The number of nitrogens with zero attached hydrogens (tertiary/aromatic N) is 2. The van der Waals surface area contributed by atoms with Crippen molar-refractivity contribution in [3.8, 4) is 5.69 Å². The maximum absolute atomic E-state index is 6.34. The lowest BCUT2D eigenvalue weighted by atomic mass is 9.91.